The molecule has 5 nitrogen and oxygen atoms in total. The van der Waals surface area contributed by atoms with Crippen LogP contribution in [-0.4, -0.2) is 24.6 Å². The smallest absolute Gasteiger partial charge is 0.153 e. The number of hydrogen-bond acceptors (Lipinski definition) is 3. The number of H-pyrrole nitrogens is 1. The summed E-state index contributed by atoms with van der Waals surface area (Å²) in [5.74, 6) is 0.650. The van der Waals surface area contributed by atoms with Gasteiger partial charge in [-0.05, 0) is 37.1 Å². The van der Waals surface area contributed by atoms with Crippen LogP contribution in [-0.2, 0) is 0 Å². The van der Waals surface area contributed by atoms with Crippen molar-refractivity contribution in [3.63, 3.8) is 0 Å². The van der Waals surface area contributed by atoms with E-state index in [-0.39, 0.29) is 0 Å². The predicted octanol–water partition coefficient (Wildman–Crippen LogP) is 3.54. The molecule has 0 aromatic carbocycles. The Morgan fingerprint density at radius 2 is 2.09 bits per heavy atom. The van der Waals surface area contributed by atoms with Crippen molar-refractivity contribution in [3.05, 3.63) is 48.5 Å². The molecule has 0 saturated heterocycles. The molecular weight excluding hydrogens is 274 g/mol. The summed E-state index contributed by atoms with van der Waals surface area (Å²) in [4.78, 5) is 12.3. The summed E-state index contributed by atoms with van der Waals surface area (Å²) in [5, 5.41) is 5.74. The van der Waals surface area contributed by atoms with Gasteiger partial charge >= 0.3 is 0 Å². The zero-order valence-electron chi connectivity index (χ0n) is 12.0. The summed E-state index contributed by atoms with van der Waals surface area (Å²) in [6.07, 6.45) is 9.48. The number of imidazole rings is 1. The highest BCUT2D eigenvalue weighted by Gasteiger charge is 2.21. The van der Waals surface area contributed by atoms with Gasteiger partial charge in [-0.15, -0.1) is 0 Å². The maximum Gasteiger partial charge on any atom is 0.153 e. The van der Waals surface area contributed by atoms with Crippen molar-refractivity contribution in [1.82, 2.24) is 24.6 Å². The van der Waals surface area contributed by atoms with Crippen LogP contribution in [0.2, 0.25) is 0 Å². The minimum absolute atomic E-state index is 0.650. The molecule has 22 heavy (non-hydrogen) atoms. The van der Waals surface area contributed by atoms with E-state index < -0.39 is 0 Å². The molecule has 0 bridgehead atoms. The summed E-state index contributed by atoms with van der Waals surface area (Å²) in [5.41, 5.74) is 5.03. The number of aromatic amines is 1. The summed E-state index contributed by atoms with van der Waals surface area (Å²) in [6, 6.07) is 8.32. The van der Waals surface area contributed by atoms with Crippen LogP contribution in [0.4, 0.5) is 0 Å². The first-order valence-electron chi connectivity index (χ1n) is 7.67. The van der Waals surface area contributed by atoms with E-state index in [2.05, 4.69) is 27.2 Å². The first-order chi connectivity index (χ1) is 10.9. The molecule has 1 N–H and O–H groups in total. The van der Waals surface area contributed by atoms with Crippen LogP contribution in [0.1, 0.15) is 30.9 Å². The van der Waals surface area contributed by atoms with Gasteiger partial charge < -0.3 is 4.98 Å². The van der Waals surface area contributed by atoms with Gasteiger partial charge in [-0.1, -0.05) is 6.42 Å². The number of rotatable bonds is 2. The number of fused-ring (bicyclic) bond motifs is 2. The zero-order valence-corrected chi connectivity index (χ0v) is 12.0. The molecular formula is C17H15N5. The lowest BCUT2D eigenvalue weighted by Crippen LogP contribution is -2.10. The van der Waals surface area contributed by atoms with Crippen LogP contribution >= 0.6 is 0 Å². The Morgan fingerprint density at radius 1 is 1.14 bits per heavy atom. The summed E-state index contributed by atoms with van der Waals surface area (Å²) < 4.78 is 1.80. The Kier molecular flexibility index (Phi) is 2.38. The van der Waals surface area contributed by atoms with Gasteiger partial charge in [0.05, 0.1) is 5.69 Å². The quantitative estimate of drug-likeness (QED) is 0.614. The van der Waals surface area contributed by atoms with E-state index in [1.165, 1.54) is 25.0 Å². The van der Waals surface area contributed by atoms with Crippen LogP contribution < -0.4 is 0 Å². The van der Waals surface area contributed by atoms with E-state index in [1.54, 1.807) is 10.7 Å². The molecule has 0 radical (unpaired) electrons. The molecule has 0 atom stereocenters. The third kappa shape index (κ3) is 1.68. The molecule has 108 valence electrons. The Labute approximate surface area is 127 Å². The van der Waals surface area contributed by atoms with Gasteiger partial charge in [-0.3, -0.25) is 0 Å². The fourth-order valence-corrected chi connectivity index (χ4v) is 3.12. The van der Waals surface area contributed by atoms with Crippen LogP contribution in [0.25, 0.3) is 27.9 Å². The van der Waals surface area contributed by atoms with Gasteiger partial charge in [0.25, 0.3) is 0 Å². The maximum absolute atomic E-state index is 4.79. The SMILES string of the molecule is c1cn2nc(-c3c[nH]c4nc(C5CCC5)ccc34)ccc2n1. The lowest BCUT2D eigenvalue weighted by Gasteiger charge is -2.24. The van der Waals surface area contributed by atoms with E-state index >= 15 is 0 Å². The van der Waals surface area contributed by atoms with Gasteiger partial charge in [0, 0.05) is 41.2 Å². The Bertz CT molecular complexity index is 977. The summed E-state index contributed by atoms with van der Waals surface area (Å²) in [6.45, 7) is 0. The predicted molar refractivity (Wildman–Crippen MR) is 84.7 cm³/mol. The Balaban J connectivity index is 1.64. The Morgan fingerprint density at radius 3 is 2.95 bits per heavy atom. The number of pyridine rings is 1. The largest absolute Gasteiger partial charge is 0.345 e. The molecule has 5 heteroatoms. The molecule has 0 amide bonds. The molecule has 1 aliphatic carbocycles. The third-order valence-corrected chi connectivity index (χ3v) is 4.61. The van der Waals surface area contributed by atoms with Crippen molar-refractivity contribution >= 4 is 16.7 Å². The highest BCUT2D eigenvalue weighted by atomic mass is 15.2. The molecule has 4 aromatic rings. The highest BCUT2D eigenvalue weighted by Crippen LogP contribution is 2.36. The number of nitrogens with one attached hydrogen (secondary N) is 1. The van der Waals surface area contributed by atoms with E-state index in [1.807, 2.05) is 24.5 Å². The molecule has 1 fully saturated rings. The molecule has 1 saturated carbocycles. The molecule has 4 aromatic heterocycles. The van der Waals surface area contributed by atoms with E-state index in [0.717, 1.165) is 27.9 Å². The Hall–Kier alpha value is -2.69. The molecule has 0 aliphatic heterocycles. The first kappa shape index (κ1) is 11.9. The van der Waals surface area contributed by atoms with Crippen LogP contribution in [0.15, 0.2) is 42.9 Å². The van der Waals surface area contributed by atoms with Crippen LogP contribution in [0, 0.1) is 0 Å². The highest BCUT2D eigenvalue weighted by molar-refractivity contribution is 5.92. The van der Waals surface area contributed by atoms with Gasteiger partial charge in [-0.25, -0.2) is 14.5 Å². The first-order valence-corrected chi connectivity index (χ1v) is 7.67. The second-order valence-electron chi connectivity index (χ2n) is 5.91. The van der Waals surface area contributed by atoms with Crippen molar-refractivity contribution < 1.29 is 0 Å². The molecule has 5 rings (SSSR count). The fraction of sp³-hybridized carbons (Fsp3) is 0.235. The summed E-state index contributed by atoms with van der Waals surface area (Å²) in [7, 11) is 0. The zero-order chi connectivity index (χ0) is 14.5. The average Bonchev–Trinajstić information content (AvgIpc) is 3.10. The molecule has 0 unspecified atom stereocenters. The average molecular weight is 289 g/mol. The van der Waals surface area contributed by atoms with Crippen molar-refractivity contribution in [2.24, 2.45) is 0 Å². The molecule has 0 spiro atoms. The maximum atomic E-state index is 4.79. The number of hydrogen-bond donors (Lipinski definition) is 1. The van der Waals surface area contributed by atoms with Gasteiger partial charge in [0.1, 0.15) is 5.65 Å². The minimum atomic E-state index is 0.650. The topological polar surface area (TPSA) is 58.9 Å². The van der Waals surface area contributed by atoms with Gasteiger partial charge in [0.2, 0.25) is 0 Å². The van der Waals surface area contributed by atoms with Gasteiger partial charge in [0.15, 0.2) is 5.65 Å². The summed E-state index contributed by atoms with van der Waals surface area (Å²) >= 11 is 0. The van der Waals surface area contributed by atoms with Crippen molar-refractivity contribution in [2.45, 2.75) is 25.2 Å². The molecule has 4 heterocycles. The van der Waals surface area contributed by atoms with E-state index in [0.29, 0.717) is 5.92 Å². The third-order valence-electron chi connectivity index (χ3n) is 4.61. The standard InChI is InChI=1S/C17H15N5/c1-2-11(3-1)14-5-4-12-13(10-19-17(12)20-14)15-6-7-16-18-8-9-22(16)21-15/h4-11H,1-3H2,(H,19,20). The number of nitrogens with zero attached hydrogens (tertiary/aromatic N) is 4. The number of aromatic nitrogens is 5. The van der Waals surface area contributed by atoms with Crippen LogP contribution in [0.3, 0.4) is 0 Å². The lowest BCUT2D eigenvalue weighted by atomic mass is 9.82. The molecule has 1 aliphatic rings. The lowest BCUT2D eigenvalue weighted by molar-refractivity contribution is 0.412. The van der Waals surface area contributed by atoms with E-state index in [9.17, 15) is 0 Å². The second kappa shape index (κ2) is 4.40. The normalized spacial score (nSPS) is 15.5. The minimum Gasteiger partial charge on any atom is -0.345 e. The van der Waals surface area contributed by atoms with Crippen molar-refractivity contribution in [2.75, 3.05) is 0 Å². The van der Waals surface area contributed by atoms with E-state index in [4.69, 9.17) is 4.98 Å². The van der Waals surface area contributed by atoms with Crippen molar-refractivity contribution in [1.29, 1.82) is 0 Å². The van der Waals surface area contributed by atoms with Crippen molar-refractivity contribution in [3.8, 4) is 11.3 Å². The monoisotopic (exact) mass is 289 g/mol. The van der Waals surface area contributed by atoms with Crippen LogP contribution in [0.5, 0.6) is 0 Å². The second-order valence-corrected chi connectivity index (χ2v) is 5.91. The fourth-order valence-electron chi connectivity index (χ4n) is 3.12. The van der Waals surface area contributed by atoms with Gasteiger partial charge in [-0.2, -0.15) is 5.10 Å².